The van der Waals surface area contributed by atoms with Crippen molar-refractivity contribution in [1.82, 2.24) is 0 Å². The van der Waals surface area contributed by atoms with Gasteiger partial charge >= 0.3 is 5.97 Å². The molecule has 0 aromatic heterocycles. The maximum absolute atomic E-state index is 12.9. The Balaban J connectivity index is 3.31. The Labute approximate surface area is 90.0 Å². The summed E-state index contributed by atoms with van der Waals surface area (Å²) in [4.78, 5) is 10.4. The van der Waals surface area contributed by atoms with E-state index in [1.54, 1.807) is 0 Å². The van der Waals surface area contributed by atoms with E-state index >= 15 is 0 Å². The highest BCUT2D eigenvalue weighted by molar-refractivity contribution is 14.1. The third-order valence-electron chi connectivity index (χ3n) is 1.23. The van der Waals surface area contributed by atoms with Crippen LogP contribution in [-0.4, -0.2) is 11.1 Å². The molecule has 1 aromatic carbocycles. The monoisotopic (exact) mass is 344 g/mol. The minimum Gasteiger partial charge on any atom is -0.478 e. The molecule has 2 nitrogen and oxygen atoms in total. The zero-order valence-corrected chi connectivity index (χ0v) is 9.39. The summed E-state index contributed by atoms with van der Waals surface area (Å²) in [5.41, 5.74) is -0.0416. The number of hydrogen-bond acceptors (Lipinski definition) is 1. The topological polar surface area (TPSA) is 37.3 Å². The molecule has 1 aromatic rings. The molecule has 0 fully saturated rings. The molecule has 0 saturated carbocycles. The number of rotatable bonds is 1. The summed E-state index contributed by atoms with van der Waals surface area (Å²) in [6.07, 6.45) is 0. The highest BCUT2D eigenvalue weighted by atomic mass is 127. The first-order valence-electron chi connectivity index (χ1n) is 2.90. The maximum Gasteiger partial charge on any atom is 0.335 e. The van der Waals surface area contributed by atoms with Crippen molar-refractivity contribution in [3.8, 4) is 0 Å². The second kappa shape index (κ2) is 3.69. The van der Waals surface area contributed by atoms with Crippen molar-refractivity contribution in [3.63, 3.8) is 0 Å². The average Bonchev–Trinajstić information content (AvgIpc) is 1.99. The van der Waals surface area contributed by atoms with E-state index in [2.05, 4.69) is 15.9 Å². The van der Waals surface area contributed by atoms with E-state index in [-0.39, 0.29) is 5.56 Å². The van der Waals surface area contributed by atoms with Crippen LogP contribution in [-0.2, 0) is 0 Å². The summed E-state index contributed by atoms with van der Waals surface area (Å²) in [6, 6.07) is 2.38. The van der Waals surface area contributed by atoms with Gasteiger partial charge in [0.1, 0.15) is 5.82 Å². The van der Waals surface area contributed by atoms with Gasteiger partial charge in [-0.25, -0.2) is 9.18 Å². The van der Waals surface area contributed by atoms with E-state index < -0.39 is 11.8 Å². The predicted molar refractivity (Wildman–Crippen MR) is 53.8 cm³/mol. The Bertz CT molecular complexity index is 317. The summed E-state index contributed by atoms with van der Waals surface area (Å²) in [5.74, 6) is -1.68. The van der Waals surface area contributed by atoms with Crippen molar-refractivity contribution in [1.29, 1.82) is 0 Å². The molecule has 1 rings (SSSR count). The Kier molecular flexibility index (Phi) is 3.05. The van der Waals surface area contributed by atoms with Crippen LogP contribution in [0, 0.1) is 9.39 Å². The Morgan fingerprint density at radius 1 is 1.58 bits per heavy atom. The van der Waals surface area contributed by atoms with E-state index in [4.69, 9.17) is 5.11 Å². The van der Waals surface area contributed by atoms with Gasteiger partial charge in [0.2, 0.25) is 0 Å². The first-order chi connectivity index (χ1) is 5.52. The lowest BCUT2D eigenvalue weighted by Gasteiger charge is -1.99. The number of carboxylic acid groups (broad SMARTS) is 1. The molecule has 0 atom stereocenters. The minimum absolute atomic E-state index is 0.0416. The minimum atomic E-state index is -1.13. The molecule has 0 amide bonds. The molecule has 0 spiro atoms. The van der Waals surface area contributed by atoms with Crippen molar-refractivity contribution in [3.05, 3.63) is 31.6 Å². The van der Waals surface area contributed by atoms with Crippen LogP contribution in [0.2, 0.25) is 0 Å². The molecular weight excluding hydrogens is 342 g/mol. The molecular formula is C7H3BrFIO2. The Morgan fingerprint density at radius 3 is 2.58 bits per heavy atom. The second-order valence-corrected chi connectivity index (χ2v) is 4.01. The molecule has 64 valence electrons. The third kappa shape index (κ3) is 1.95. The van der Waals surface area contributed by atoms with Crippen LogP contribution in [0.25, 0.3) is 0 Å². The number of carboxylic acids is 1. The fourth-order valence-electron chi connectivity index (χ4n) is 0.679. The van der Waals surface area contributed by atoms with Gasteiger partial charge in [-0.2, -0.15) is 0 Å². The third-order valence-corrected chi connectivity index (χ3v) is 3.63. The quantitative estimate of drug-likeness (QED) is 0.628. The van der Waals surface area contributed by atoms with Gasteiger partial charge in [0.05, 0.1) is 10.0 Å². The van der Waals surface area contributed by atoms with Crippen LogP contribution >= 0.6 is 38.5 Å². The fourth-order valence-corrected chi connectivity index (χ4v) is 1.50. The molecule has 0 aliphatic rings. The number of aromatic carboxylic acids is 1. The van der Waals surface area contributed by atoms with Crippen molar-refractivity contribution in [2.45, 2.75) is 0 Å². The summed E-state index contributed by atoms with van der Waals surface area (Å²) in [6.45, 7) is 0. The van der Waals surface area contributed by atoms with Crippen LogP contribution in [0.3, 0.4) is 0 Å². The normalized spacial score (nSPS) is 9.92. The lowest BCUT2D eigenvalue weighted by atomic mass is 10.2. The van der Waals surface area contributed by atoms with Gasteiger partial charge in [-0.05, 0) is 50.7 Å². The van der Waals surface area contributed by atoms with Crippen LogP contribution < -0.4 is 0 Å². The highest BCUT2D eigenvalue weighted by Crippen LogP contribution is 2.23. The van der Waals surface area contributed by atoms with Crippen molar-refractivity contribution in [2.75, 3.05) is 0 Å². The maximum atomic E-state index is 12.9. The lowest BCUT2D eigenvalue weighted by molar-refractivity contribution is 0.0696. The van der Waals surface area contributed by atoms with E-state index in [1.807, 2.05) is 22.6 Å². The number of halogens is 3. The molecule has 1 N–H and O–H groups in total. The Hall–Kier alpha value is -0.170. The molecule has 0 saturated heterocycles. The smallest absolute Gasteiger partial charge is 0.335 e. The van der Waals surface area contributed by atoms with Gasteiger partial charge in [-0.3, -0.25) is 0 Å². The van der Waals surface area contributed by atoms with E-state index in [0.717, 1.165) is 6.07 Å². The Morgan fingerprint density at radius 2 is 2.17 bits per heavy atom. The first kappa shape index (κ1) is 9.91. The van der Waals surface area contributed by atoms with Crippen LogP contribution in [0.1, 0.15) is 10.4 Å². The number of benzene rings is 1. The zero-order valence-electron chi connectivity index (χ0n) is 5.64. The molecule has 0 radical (unpaired) electrons. The summed E-state index contributed by atoms with van der Waals surface area (Å²) >= 11 is 4.85. The SMILES string of the molecule is O=C(O)c1cc(F)c(Br)c(I)c1. The summed E-state index contributed by atoms with van der Waals surface area (Å²) in [5, 5.41) is 8.54. The second-order valence-electron chi connectivity index (χ2n) is 2.06. The molecule has 0 unspecified atom stereocenters. The summed E-state index contributed by atoms with van der Waals surface area (Å²) < 4.78 is 13.7. The highest BCUT2D eigenvalue weighted by Gasteiger charge is 2.10. The number of hydrogen-bond donors (Lipinski definition) is 1. The first-order valence-corrected chi connectivity index (χ1v) is 4.77. The van der Waals surface area contributed by atoms with Crippen LogP contribution in [0.4, 0.5) is 4.39 Å². The van der Waals surface area contributed by atoms with Crippen molar-refractivity contribution in [2.24, 2.45) is 0 Å². The zero-order chi connectivity index (χ0) is 9.30. The van der Waals surface area contributed by atoms with Crippen molar-refractivity contribution >= 4 is 44.5 Å². The molecule has 12 heavy (non-hydrogen) atoms. The molecule has 0 aliphatic heterocycles. The molecule has 0 aliphatic carbocycles. The van der Waals surface area contributed by atoms with E-state index in [0.29, 0.717) is 8.04 Å². The van der Waals surface area contributed by atoms with Crippen LogP contribution in [0.5, 0.6) is 0 Å². The average molecular weight is 345 g/mol. The molecule has 0 bridgehead atoms. The van der Waals surface area contributed by atoms with Crippen LogP contribution in [0.15, 0.2) is 16.6 Å². The largest absolute Gasteiger partial charge is 0.478 e. The molecule has 5 heteroatoms. The fraction of sp³-hybridized carbons (Fsp3) is 0. The molecule has 0 heterocycles. The lowest BCUT2D eigenvalue weighted by Crippen LogP contribution is -1.98. The van der Waals surface area contributed by atoms with Gasteiger partial charge in [-0.15, -0.1) is 0 Å². The van der Waals surface area contributed by atoms with Gasteiger partial charge < -0.3 is 5.11 Å². The van der Waals surface area contributed by atoms with E-state index in [9.17, 15) is 9.18 Å². The van der Waals surface area contributed by atoms with E-state index in [1.165, 1.54) is 6.07 Å². The van der Waals surface area contributed by atoms with Gasteiger partial charge in [-0.1, -0.05) is 0 Å². The standard InChI is InChI=1S/C7H3BrFIO2/c8-6-4(9)1-3(7(11)12)2-5(6)10/h1-2H,(H,11,12). The predicted octanol–water partition coefficient (Wildman–Crippen LogP) is 2.89. The van der Waals surface area contributed by atoms with Gasteiger partial charge in [0, 0.05) is 3.57 Å². The number of carbonyl (C=O) groups is 1. The summed E-state index contributed by atoms with van der Waals surface area (Å²) in [7, 11) is 0. The van der Waals surface area contributed by atoms with Gasteiger partial charge in [0.15, 0.2) is 0 Å². The van der Waals surface area contributed by atoms with Gasteiger partial charge in [0.25, 0.3) is 0 Å². The van der Waals surface area contributed by atoms with Crippen molar-refractivity contribution < 1.29 is 14.3 Å².